The van der Waals surface area contributed by atoms with Crippen molar-refractivity contribution < 1.29 is 14.3 Å². The molecule has 0 bridgehead atoms. The summed E-state index contributed by atoms with van der Waals surface area (Å²) in [4.78, 5) is 31.4. The van der Waals surface area contributed by atoms with Crippen LogP contribution in [0.15, 0.2) is 24.4 Å². The summed E-state index contributed by atoms with van der Waals surface area (Å²) in [6, 6.07) is 5.77. The van der Waals surface area contributed by atoms with Crippen molar-refractivity contribution in [3.05, 3.63) is 35.8 Å². The molecule has 7 nitrogen and oxygen atoms in total. The molecule has 2 aromatic heterocycles. The molecule has 1 unspecified atom stereocenters. The molecule has 2 aromatic rings. The molecule has 0 spiro atoms. The minimum atomic E-state index is -0.614. The molecule has 1 aliphatic heterocycles. The minimum Gasteiger partial charge on any atom is -0.382 e. The lowest BCUT2D eigenvalue weighted by molar-refractivity contribution is -0.123. The Morgan fingerprint density at radius 1 is 1.40 bits per heavy atom. The first-order valence-corrected chi connectivity index (χ1v) is 8.47. The zero-order valence-electron chi connectivity index (χ0n) is 14.9. The zero-order chi connectivity index (χ0) is 18.0. The number of pyridine rings is 1. The first-order valence-electron chi connectivity index (χ1n) is 8.47. The zero-order valence-corrected chi connectivity index (χ0v) is 14.9. The minimum absolute atomic E-state index is 0.0948. The van der Waals surface area contributed by atoms with Crippen molar-refractivity contribution in [3.8, 4) is 0 Å². The average molecular weight is 344 g/mol. The van der Waals surface area contributed by atoms with Gasteiger partial charge in [-0.2, -0.15) is 0 Å². The van der Waals surface area contributed by atoms with E-state index in [0.717, 1.165) is 24.2 Å². The maximum atomic E-state index is 13.2. The Morgan fingerprint density at radius 2 is 2.20 bits per heavy atom. The lowest BCUT2D eigenvalue weighted by atomic mass is 9.92. The number of likely N-dealkylation sites (tertiary alicyclic amines) is 1. The first kappa shape index (κ1) is 17.4. The molecule has 25 heavy (non-hydrogen) atoms. The van der Waals surface area contributed by atoms with E-state index >= 15 is 0 Å². The molecule has 1 fully saturated rings. The highest BCUT2D eigenvalue weighted by atomic mass is 16.5. The molecule has 0 aliphatic carbocycles. The maximum Gasteiger partial charge on any atom is 0.274 e. The molecule has 3 heterocycles. The highest BCUT2D eigenvalue weighted by Gasteiger charge is 2.45. The summed E-state index contributed by atoms with van der Waals surface area (Å²) in [5.74, 6) is -0.246. The number of hydrogen-bond donors (Lipinski definition) is 1. The standard InChI is InChI=1S/C18H24N4O3/c1-13-6-4-7-15-20-14(11-21(13)15)17(24)22-9-5-8-18(22,12-25-3)10-16(23)19-2/h4,6-7,11H,5,8-10,12H2,1-3H3,(H,19,23). The van der Waals surface area contributed by atoms with Crippen LogP contribution in [0.3, 0.4) is 0 Å². The third-order valence-electron chi connectivity index (χ3n) is 4.94. The second-order valence-corrected chi connectivity index (χ2v) is 6.59. The second-order valence-electron chi connectivity index (χ2n) is 6.59. The number of rotatable bonds is 5. The van der Waals surface area contributed by atoms with Gasteiger partial charge in [-0.1, -0.05) is 6.07 Å². The largest absolute Gasteiger partial charge is 0.382 e. The highest BCUT2D eigenvalue weighted by molar-refractivity contribution is 5.94. The summed E-state index contributed by atoms with van der Waals surface area (Å²) in [5.41, 5.74) is 1.54. The highest BCUT2D eigenvalue weighted by Crippen LogP contribution is 2.34. The number of methoxy groups -OCH3 is 1. The lowest BCUT2D eigenvalue weighted by Gasteiger charge is -2.37. The molecule has 1 aliphatic rings. The topological polar surface area (TPSA) is 75.9 Å². The van der Waals surface area contributed by atoms with Crippen molar-refractivity contribution in [1.82, 2.24) is 19.6 Å². The van der Waals surface area contributed by atoms with Gasteiger partial charge in [0, 0.05) is 32.6 Å². The Kier molecular flexibility index (Phi) is 4.76. The predicted octanol–water partition coefficient (Wildman–Crippen LogP) is 1.40. The number of carbonyl (C=O) groups excluding carboxylic acids is 2. The number of aryl methyl sites for hydroxylation is 1. The third-order valence-corrected chi connectivity index (χ3v) is 4.94. The molecule has 2 amide bonds. The predicted molar refractivity (Wildman–Crippen MR) is 93.5 cm³/mol. The van der Waals surface area contributed by atoms with Crippen LogP contribution in [0.25, 0.3) is 5.65 Å². The fraction of sp³-hybridized carbons (Fsp3) is 0.500. The molecule has 1 atom stereocenters. The van der Waals surface area contributed by atoms with Crippen LogP contribution in [0, 0.1) is 6.92 Å². The number of amides is 2. The molecular weight excluding hydrogens is 320 g/mol. The van der Waals surface area contributed by atoms with Crippen molar-refractivity contribution >= 4 is 17.5 Å². The SMILES string of the molecule is CNC(=O)CC1(COC)CCCN1C(=O)c1cn2c(C)cccc2n1. The maximum absolute atomic E-state index is 13.2. The van der Waals surface area contributed by atoms with E-state index in [2.05, 4.69) is 10.3 Å². The number of nitrogens with zero attached hydrogens (tertiary/aromatic N) is 3. The van der Waals surface area contributed by atoms with Crippen LogP contribution in [0.2, 0.25) is 0 Å². The molecular formula is C18H24N4O3. The summed E-state index contributed by atoms with van der Waals surface area (Å²) in [7, 11) is 3.20. The monoisotopic (exact) mass is 344 g/mol. The van der Waals surface area contributed by atoms with Gasteiger partial charge in [0.15, 0.2) is 0 Å². The van der Waals surface area contributed by atoms with Gasteiger partial charge in [0.25, 0.3) is 5.91 Å². The normalized spacial score (nSPS) is 20.2. The summed E-state index contributed by atoms with van der Waals surface area (Å²) in [6.07, 6.45) is 3.59. The van der Waals surface area contributed by atoms with Gasteiger partial charge in [-0.3, -0.25) is 9.59 Å². The number of fused-ring (bicyclic) bond motifs is 1. The van der Waals surface area contributed by atoms with E-state index in [4.69, 9.17) is 4.74 Å². The molecule has 0 radical (unpaired) electrons. The number of aromatic nitrogens is 2. The molecule has 1 N–H and O–H groups in total. The van der Waals surface area contributed by atoms with Crippen LogP contribution >= 0.6 is 0 Å². The van der Waals surface area contributed by atoms with Crippen molar-refractivity contribution in [1.29, 1.82) is 0 Å². The quantitative estimate of drug-likeness (QED) is 0.890. The smallest absolute Gasteiger partial charge is 0.274 e. The van der Waals surface area contributed by atoms with E-state index < -0.39 is 5.54 Å². The van der Waals surface area contributed by atoms with Gasteiger partial charge < -0.3 is 19.4 Å². The van der Waals surface area contributed by atoms with Crippen molar-refractivity contribution in [2.24, 2.45) is 0 Å². The molecule has 7 heteroatoms. The summed E-state index contributed by atoms with van der Waals surface area (Å²) in [5, 5.41) is 2.65. The van der Waals surface area contributed by atoms with Crippen LogP contribution in [-0.2, 0) is 9.53 Å². The number of ether oxygens (including phenoxy) is 1. The summed E-state index contributed by atoms with van der Waals surface area (Å²) in [6.45, 7) is 2.91. The summed E-state index contributed by atoms with van der Waals surface area (Å²) < 4.78 is 7.27. The van der Waals surface area contributed by atoms with Gasteiger partial charge in [0.1, 0.15) is 11.3 Å². The molecule has 134 valence electrons. The van der Waals surface area contributed by atoms with Crippen LogP contribution in [0.1, 0.15) is 35.4 Å². The van der Waals surface area contributed by atoms with E-state index in [1.807, 2.05) is 29.5 Å². The second kappa shape index (κ2) is 6.84. The van der Waals surface area contributed by atoms with E-state index in [-0.39, 0.29) is 18.2 Å². The fourth-order valence-electron chi connectivity index (χ4n) is 3.69. The fourth-order valence-corrected chi connectivity index (χ4v) is 3.69. The Labute approximate surface area is 147 Å². The van der Waals surface area contributed by atoms with Gasteiger partial charge in [-0.25, -0.2) is 4.98 Å². The van der Waals surface area contributed by atoms with Gasteiger partial charge in [0.05, 0.1) is 18.6 Å². The molecule has 1 saturated heterocycles. The number of nitrogens with one attached hydrogen (secondary N) is 1. The lowest BCUT2D eigenvalue weighted by Crippen LogP contribution is -2.52. The van der Waals surface area contributed by atoms with Crippen molar-refractivity contribution in [2.75, 3.05) is 27.3 Å². The average Bonchev–Trinajstić information content (AvgIpc) is 3.20. The molecule has 3 rings (SSSR count). The van der Waals surface area contributed by atoms with Crippen LogP contribution in [0.5, 0.6) is 0 Å². The Bertz CT molecular complexity index is 801. The van der Waals surface area contributed by atoms with Gasteiger partial charge in [-0.05, 0) is 31.9 Å². The Hall–Kier alpha value is -2.41. The van der Waals surface area contributed by atoms with Crippen LogP contribution in [0.4, 0.5) is 0 Å². The van der Waals surface area contributed by atoms with Crippen molar-refractivity contribution in [2.45, 2.75) is 31.7 Å². The van der Waals surface area contributed by atoms with Gasteiger partial charge >= 0.3 is 0 Å². The Balaban J connectivity index is 1.95. The van der Waals surface area contributed by atoms with E-state index in [1.54, 1.807) is 25.3 Å². The third kappa shape index (κ3) is 3.11. The number of hydrogen-bond acceptors (Lipinski definition) is 4. The number of carbonyl (C=O) groups is 2. The molecule has 0 saturated carbocycles. The van der Waals surface area contributed by atoms with Crippen LogP contribution < -0.4 is 5.32 Å². The number of imidazole rings is 1. The van der Waals surface area contributed by atoms with Crippen LogP contribution in [-0.4, -0.2) is 58.9 Å². The van der Waals surface area contributed by atoms with Crippen molar-refractivity contribution in [3.63, 3.8) is 0 Å². The first-order chi connectivity index (χ1) is 12.0. The molecule has 0 aromatic carbocycles. The van der Waals surface area contributed by atoms with E-state index in [1.165, 1.54) is 0 Å². The summed E-state index contributed by atoms with van der Waals surface area (Å²) >= 11 is 0. The van der Waals surface area contributed by atoms with Gasteiger partial charge in [-0.15, -0.1) is 0 Å². The van der Waals surface area contributed by atoms with E-state index in [0.29, 0.717) is 18.8 Å². The van der Waals surface area contributed by atoms with Gasteiger partial charge in [0.2, 0.25) is 5.91 Å². The van der Waals surface area contributed by atoms with E-state index in [9.17, 15) is 9.59 Å². The Morgan fingerprint density at radius 3 is 2.88 bits per heavy atom.